The van der Waals surface area contributed by atoms with Crippen LogP contribution in [0.2, 0.25) is 0 Å². The summed E-state index contributed by atoms with van der Waals surface area (Å²) >= 11 is 0. The lowest BCUT2D eigenvalue weighted by Gasteiger charge is -2.29. The first-order chi connectivity index (χ1) is 59.5. The summed E-state index contributed by atoms with van der Waals surface area (Å²) in [5.74, 6) is 0.372. The van der Waals surface area contributed by atoms with Crippen molar-refractivity contribution in [3.63, 3.8) is 0 Å². The first kappa shape index (κ1) is 88.4. The van der Waals surface area contributed by atoms with Crippen LogP contribution in [-0.2, 0) is 19.2 Å². The predicted molar refractivity (Wildman–Crippen MR) is 479 cm³/mol. The molecular formula is C93H117N23O6. The van der Waals surface area contributed by atoms with Crippen LogP contribution in [0.1, 0.15) is 155 Å². The standard InChI is InChI=1S/C32H38N8O2.C31H37N9O2.C30H42N6O2/c33-32(34)35-16-7-12-28-31(42)40(20-26(22-8-3-1-4-9-22)23-10-5-2-6-11-23)17-15-25(39-28)19-36-30(41)24-13-14-27-29(18-24)38-21-37-27;32-31(33)34-16-7-12-27-30(42)40(20-25(21-8-3-1-4-9-21)22-10-5-2-6-11-22)17-15-24(36-27)19-35-29(41)23-13-14-26-28(18-23)38-39-37-26;31-30(32)33-18-9-16-27-29(38)36(19-17-25(35-27)20-34-28(37)24-14-7-8-15-24)21-26(22-10-3-1-4-11-22)23-12-5-2-6-13-23/h1-6,8-11,13-14,18,21,25-26,28,39H,7,12,15-17,19-20H2,(H,36,41)(H,37,38)(H4,33,34,35);1-6,8-11,13-14,18,24-25,27,36H,7,12,15-17,19-20H2,(H,35,41)(H4,32,33,34)(H,37,38,39);1-6,10-13,24-27,35H,7-9,14-21H2,(H,34,37)(H4,31,32,33)/t25-,28-;24-,27-;25-,27-/m000/s1. The molecule has 0 bridgehead atoms. The Morgan fingerprint density at radius 3 is 1.08 bits per heavy atom. The van der Waals surface area contributed by atoms with E-state index in [0.29, 0.717) is 152 Å². The fraction of sp³-hybridized carbons (Fsp3) is 0.376. The van der Waals surface area contributed by atoms with Crippen LogP contribution in [0.15, 0.2) is 240 Å². The maximum atomic E-state index is 14.0. The molecule has 640 valence electrons. The summed E-state index contributed by atoms with van der Waals surface area (Å²) in [4.78, 5) is 106. The number of hydrogen-bond donors (Lipinski definition) is 14. The maximum absolute atomic E-state index is 14.0. The van der Waals surface area contributed by atoms with E-state index >= 15 is 0 Å². The zero-order chi connectivity index (χ0) is 85.4. The van der Waals surface area contributed by atoms with Crippen molar-refractivity contribution in [2.24, 2.45) is 55.3 Å². The number of amides is 6. The lowest BCUT2D eigenvalue weighted by atomic mass is 9.90. The molecule has 2 aromatic heterocycles. The zero-order valence-electron chi connectivity index (χ0n) is 69.3. The van der Waals surface area contributed by atoms with Crippen molar-refractivity contribution in [1.29, 1.82) is 0 Å². The molecule has 5 heterocycles. The number of rotatable bonds is 33. The highest BCUT2D eigenvalue weighted by atomic mass is 16.2. The molecule has 29 nitrogen and oxygen atoms in total. The Bertz CT molecular complexity index is 4700. The lowest BCUT2D eigenvalue weighted by Crippen LogP contribution is -2.49. The van der Waals surface area contributed by atoms with Gasteiger partial charge in [-0.1, -0.05) is 195 Å². The summed E-state index contributed by atoms with van der Waals surface area (Å²) in [6.45, 7) is 6.15. The molecule has 0 spiro atoms. The van der Waals surface area contributed by atoms with E-state index < -0.39 is 12.1 Å². The summed E-state index contributed by atoms with van der Waals surface area (Å²) in [7, 11) is 0. The number of aromatic amines is 2. The summed E-state index contributed by atoms with van der Waals surface area (Å²) in [5, 5.41) is 30.5. The Hall–Kier alpha value is -12.9. The Kier molecular flexibility index (Phi) is 33.0. The molecule has 3 saturated heterocycles. The molecule has 1 saturated carbocycles. The van der Waals surface area contributed by atoms with Gasteiger partial charge in [-0.15, -0.1) is 0 Å². The van der Waals surface area contributed by atoms with Gasteiger partial charge in [0.25, 0.3) is 11.8 Å². The van der Waals surface area contributed by atoms with Gasteiger partial charge < -0.3 is 86.0 Å². The Labute approximate surface area is 713 Å². The molecule has 14 rings (SSSR count). The molecule has 29 heteroatoms. The van der Waals surface area contributed by atoms with Gasteiger partial charge in [0.1, 0.15) is 11.0 Å². The Balaban J connectivity index is 0.000000168. The summed E-state index contributed by atoms with van der Waals surface area (Å²) in [5.41, 5.74) is 44.0. The molecule has 8 aromatic carbocycles. The number of nitrogens with one attached hydrogen (secondary N) is 8. The summed E-state index contributed by atoms with van der Waals surface area (Å²) in [6, 6.07) is 71.1. The van der Waals surface area contributed by atoms with Gasteiger partial charge in [0.2, 0.25) is 23.6 Å². The second-order valence-electron chi connectivity index (χ2n) is 31.7. The van der Waals surface area contributed by atoms with Crippen molar-refractivity contribution < 1.29 is 28.8 Å². The van der Waals surface area contributed by atoms with E-state index in [9.17, 15) is 28.8 Å². The topological polar surface area (TPSA) is 448 Å². The molecule has 6 atom stereocenters. The van der Waals surface area contributed by atoms with E-state index in [0.717, 1.165) is 65.4 Å². The molecule has 10 aromatic rings. The van der Waals surface area contributed by atoms with Crippen molar-refractivity contribution in [2.75, 3.05) is 78.5 Å². The van der Waals surface area contributed by atoms with E-state index in [1.165, 1.54) is 11.1 Å². The smallest absolute Gasteiger partial charge is 0.251 e. The highest BCUT2D eigenvalue weighted by molar-refractivity contribution is 5.98. The number of nitrogens with two attached hydrogens (primary N) is 6. The first-order valence-electron chi connectivity index (χ1n) is 42.6. The SMILES string of the molecule is NC(N)=NCCC[C@@H]1N[C@H](CNC(=O)C2CCCC2)CCN(CC(c2ccccc2)c2ccccc2)C1=O.NC(N)=NCCC[C@@H]1N[C@H](CNC(=O)c2ccc3n[nH]nc3c2)CCN(CC(c2ccccc2)c2ccccc2)C1=O.NC(N)=NCCC[C@@H]1N[C@H](CNC(=O)c2ccc3nc[nH]c3c2)CCN(CC(c2ccccc2)c2ccccc2)C1=O. The van der Waals surface area contributed by atoms with Gasteiger partial charge in [-0.25, -0.2) is 4.98 Å². The van der Waals surface area contributed by atoms with Gasteiger partial charge >= 0.3 is 0 Å². The van der Waals surface area contributed by atoms with Crippen LogP contribution in [0.4, 0.5) is 0 Å². The van der Waals surface area contributed by atoms with Crippen molar-refractivity contribution in [3.05, 3.63) is 269 Å². The Morgan fingerprint density at radius 2 is 0.730 bits per heavy atom. The van der Waals surface area contributed by atoms with E-state index in [-0.39, 0.29) is 101 Å². The van der Waals surface area contributed by atoms with Gasteiger partial charge in [-0.05, 0) is 140 Å². The molecule has 0 radical (unpaired) electrons. The van der Waals surface area contributed by atoms with Crippen LogP contribution in [0, 0.1) is 5.92 Å². The summed E-state index contributed by atoms with van der Waals surface area (Å²) < 4.78 is 0. The number of aliphatic imine (C=N–C) groups is 3. The van der Waals surface area contributed by atoms with Crippen LogP contribution in [-0.4, -0.2) is 208 Å². The van der Waals surface area contributed by atoms with Gasteiger partial charge in [-0.3, -0.25) is 43.7 Å². The molecule has 122 heavy (non-hydrogen) atoms. The molecule has 0 unspecified atom stereocenters. The third-order valence-electron chi connectivity index (χ3n) is 23.2. The fourth-order valence-electron chi connectivity index (χ4n) is 16.6. The minimum absolute atomic E-state index is 0.0225. The molecule has 20 N–H and O–H groups in total. The quantitative estimate of drug-likeness (QED) is 0.0107. The molecule has 1 aliphatic carbocycles. The van der Waals surface area contributed by atoms with Crippen LogP contribution in [0.5, 0.6) is 0 Å². The van der Waals surface area contributed by atoms with E-state index in [1.807, 2.05) is 130 Å². The molecule has 4 fully saturated rings. The maximum Gasteiger partial charge on any atom is 0.251 e. The van der Waals surface area contributed by atoms with E-state index in [2.05, 4.69) is 145 Å². The third kappa shape index (κ3) is 26.1. The number of guanidine groups is 3. The van der Waals surface area contributed by atoms with Crippen LogP contribution in [0.25, 0.3) is 22.1 Å². The normalized spacial score (nSPS) is 18.2. The molecular weight excluding hydrogens is 1540 g/mol. The predicted octanol–water partition coefficient (Wildman–Crippen LogP) is 7.61. The molecule has 4 aliphatic rings. The average molecular weight is 1650 g/mol. The number of carbonyl (C=O) groups is 6. The van der Waals surface area contributed by atoms with Crippen LogP contribution >= 0.6 is 0 Å². The highest BCUT2D eigenvalue weighted by Crippen LogP contribution is 2.32. The van der Waals surface area contributed by atoms with Crippen LogP contribution < -0.4 is 66.3 Å². The monoisotopic (exact) mass is 1650 g/mol. The lowest BCUT2D eigenvalue weighted by molar-refractivity contribution is -0.133. The van der Waals surface area contributed by atoms with Crippen molar-refractivity contribution in [1.82, 2.24) is 72.0 Å². The minimum atomic E-state index is -0.428. The van der Waals surface area contributed by atoms with Gasteiger partial charge in [0.05, 0.1) is 35.5 Å². The number of nitrogens with zero attached hydrogens (tertiary/aromatic N) is 9. The number of H-pyrrole nitrogens is 2. The number of carbonyl (C=O) groups excluding carboxylic acids is 6. The number of fused-ring (bicyclic) bond motifs is 2. The zero-order valence-corrected chi connectivity index (χ0v) is 69.3. The number of benzene rings is 8. The second kappa shape index (κ2) is 45.5. The number of imidazole rings is 1. The molecule has 6 amide bonds. The first-order valence-corrected chi connectivity index (χ1v) is 42.6. The highest BCUT2D eigenvalue weighted by Gasteiger charge is 2.37. The molecule has 3 aliphatic heterocycles. The van der Waals surface area contributed by atoms with Gasteiger partial charge in [0.15, 0.2) is 17.9 Å². The number of aromatic nitrogens is 5. The average Bonchev–Trinajstić information content (AvgIpc) is 1.18. The third-order valence-corrected chi connectivity index (χ3v) is 23.2. The minimum Gasteiger partial charge on any atom is -0.370 e. The summed E-state index contributed by atoms with van der Waals surface area (Å²) in [6.07, 6.45) is 11.7. The van der Waals surface area contributed by atoms with Crippen molar-refractivity contribution in [2.45, 2.75) is 137 Å². The van der Waals surface area contributed by atoms with Gasteiger partial charge in [0, 0.05) is 131 Å². The van der Waals surface area contributed by atoms with Crippen molar-refractivity contribution in [3.8, 4) is 0 Å². The fourth-order valence-corrected chi connectivity index (χ4v) is 16.6. The van der Waals surface area contributed by atoms with E-state index in [1.54, 1.807) is 36.7 Å². The van der Waals surface area contributed by atoms with E-state index in [4.69, 9.17) is 34.4 Å². The van der Waals surface area contributed by atoms with Crippen LogP contribution in [0.3, 0.4) is 0 Å². The number of hydrogen-bond acceptors (Lipinski definition) is 15. The van der Waals surface area contributed by atoms with Crippen molar-refractivity contribution >= 4 is 75.4 Å². The largest absolute Gasteiger partial charge is 0.370 e. The Morgan fingerprint density at radius 1 is 0.402 bits per heavy atom. The second-order valence-corrected chi connectivity index (χ2v) is 31.7. The van der Waals surface area contributed by atoms with Gasteiger partial charge in [-0.2, -0.15) is 15.4 Å².